The van der Waals surface area contributed by atoms with Gasteiger partial charge in [0, 0.05) is 18.0 Å². The zero-order chi connectivity index (χ0) is 14.1. The van der Waals surface area contributed by atoms with Crippen LogP contribution in [0.25, 0.3) is 11.0 Å². The Bertz CT molecular complexity index is 747. The van der Waals surface area contributed by atoms with Gasteiger partial charge in [0.2, 0.25) is 0 Å². The predicted molar refractivity (Wildman–Crippen MR) is 81.3 cm³/mol. The average molecular weight is 287 g/mol. The van der Waals surface area contributed by atoms with Gasteiger partial charge in [-0.3, -0.25) is 0 Å². The molecule has 0 aliphatic carbocycles. The third-order valence-corrected chi connectivity index (χ3v) is 3.64. The van der Waals surface area contributed by atoms with Crippen molar-refractivity contribution in [3.63, 3.8) is 0 Å². The van der Waals surface area contributed by atoms with Gasteiger partial charge in [-0.2, -0.15) is 0 Å². The minimum atomic E-state index is 0.282. The number of aromatic hydroxyl groups is 1. The van der Waals surface area contributed by atoms with Crippen molar-refractivity contribution in [1.29, 1.82) is 0 Å². The van der Waals surface area contributed by atoms with Crippen molar-refractivity contribution in [1.82, 2.24) is 9.55 Å². The molecule has 0 amide bonds. The van der Waals surface area contributed by atoms with E-state index in [4.69, 9.17) is 11.6 Å². The van der Waals surface area contributed by atoms with Crippen LogP contribution in [0.3, 0.4) is 0 Å². The molecule has 0 spiro atoms. The fourth-order valence-electron chi connectivity index (χ4n) is 2.44. The number of halogens is 1. The van der Waals surface area contributed by atoms with E-state index in [9.17, 15) is 5.11 Å². The van der Waals surface area contributed by atoms with Gasteiger partial charge in [0.15, 0.2) is 0 Å². The average Bonchev–Trinajstić information content (AvgIpc) is 2.77. The number of benzene rings is 2. The molecule has 0 radical (unpaired) electrons. The van der Waals surface area contributed by atoms with Crippen LogP contribution in [-0.4, -0.2) is 14.7 Å². The summed E-state index contributed by atoms with van der Waals surface area (Å²) in [5, 5.41) is 10.0. The van der Waals surface area contributed by atoms with Crippen LogP contribution in [0, 0.1) is 0 Å². The van der Waals surface area contributed by atoms with E-state index in [1.165, 1.54) is 0 Å². The molecule has 0 aliphatic heterocycles. The number of aromatic nitrogens is 2. The van der Waals surface area contributed by atoms with E-state index >= 15 is 0 Å². The molecule has 2 aromatic carbocycles. The largest absolute Gasteiger partial charge is 0.508 e. The lowest BCUT2D eigenvalue weighted by Crippen LogP contribution is -2.02. The molecule has 1 aromatic heterocycles. The quantitative estimate of drug-likeness (QED) is 0.790. The van der Waals surface area contributed by atoms with Gasteiger partial charge in [-0.05, 0) is 42.8 Å². The first-order valence-corrected chi connectivity index (χ1v) is 6.97. The maximum Gasteiger partial charge on any atom is 0.115 e. The molecule has 102 valence electrons. The van der Waals surface area contributed by atoms with Crippen LogP contribution < -0.4 is 0 Å². The lowest BCUT2D eigenvalue weighted by atomic mass is 10.1. The van der Waals surface area contributed by atoms with Gasteiger partial charge in [0.25, 0.3) is 0 Å². The van der Waals surface area contributed by atoms with Crippen molar-refractivity contribution in [2.45, 2.75) is 19.9 Å². The second-order valence-electron chi connectivity index (χ2n) is 4.75. The second kappa shape index (κ2) is 5.17. The summed E-state index contributed by atoms with van der Waals surface area (Å²) in [7, 11) is 0. The van der Waals surface area contributed by atoms with Gasteiger partial charge in [-0.25, -0.2) is 4.98 Å². The summed E-state index contributed by atoms with van der Waals surface area (Å²) in [6.45, 7) is 2.97. The van der Waals surface area contributed by atoms with Crippen molar-refractivity contribution in [3.8, 4) is 5.75 Å². The van der Waals surface area contributed by atoms with E-state index in [0.717, 1.165) is 35.4 Å². The molecule has 20 heavy (non-hydrogen) atoms. The predicted octanol–water partition coefficient (Wildman–Crippen LogP) is 4.01. The highest BCUT2D eigenvalue weighted by molar-refractivity contribution is 6.31. The van der Waals surface area contributed by atoms with E-state index in [0.29, 0.717) is 5.02 Å². The van der Waals surface area contributed by atoms with Crippen LogP contribution in [0.1, 0.15) is 18.3 Å². The molecule has 0 aliphatic rings. The molecule has 0 atom stereocenters. The van der Waals surface area contributed by atoms with Gasteiger partial charge < -0.3 is 9.67 Å². The molecule has 3 aromatic rings. The second-order valence-corrected chi connectivity index (χ2v) is 5.18. The van der Waals surface area contributed by atoms with E-state index in [-0.39, 0.29) is 5.75 Å². The topological polar surface area (TPSA) is 38.0 Å². The molecule has 0 saturated heterocycles. The highest BCUT2D eigenvalue weighted by Crippen LogP contribution is 2.22. The lowest BCUT2D eigenvalue weighted by molar-refractivity contribution is 0.475. The number of fused-ring (bicyclic) bond motifs is 1. The molecule has 3 rings (SSSR count). The minimum absolute atomic E-state index is 0.282. The molecular formula is C16H15ClN2O. The Labute approximate surface area is 122 Å². The van der Waals surface area contributed by atoms with Crippen LogP contribution in [0.2, 0.25) is 5.02 Å². The normalized spacial score (nSPS) is 11.1. The highest BCUT2D eigenvalue weighted by Gasteiger charge is 2.10. The summed E-state index contributed by atoms with van der Waals surface area (Å²) >= 11 is 6.02. The lowest BCUT2D eigenvalue weighted by Gasteiger charge is -2.06. The van der Waals surface area contributed by atoms with Crippen molar-refractivity contribution < 1.29 is 5.11 Å². The summed E-state index contributed by atoms with van der Waals surface area (Å²) < 4.78 is 2.19. The Balaban J connectivity index is 2.04. The Morgan fingerprint density at radius 2 is 1.90 bits per heavy atom. The van der Waals surface area contributed by atoms with E-state index in [2.05, 4.69) is 16.5 Å². The molecule has 3 nitrogen and oxygen atoms in total. The molecule has 1 N–H and O–H groups in total. The number of phenolic OH excluding ortho intramolecular Hbond substituents is 1. The van der Waals surface area contributed by atoms with Gasteiger partial charge in [-0.1, -0.05) is 23.7 Å². The standard InChI is InChI=1S/C16H15ClN2O/c1-2-19-15-8-5-12(17)10-14(15)18-16(19)9-11-3-6-13(20)7-4-11/h3-8,10,20H,2,9H2,1H3. The number of hydrogen-bond donors (Lipinski definition) is 1. The SMILES string of the molecule is CCn1c(Cc2ccc(O)cc2)nc2cc(Cl)ccc21. The van der Waals surface area contributed by atoms with Crippen LogP contribution in [0.15, 0.2) is 42.5 Å². The summed E-state index contributed by atoms with van der Waals surface area (Å²) in [4.78, 5) is 4.68. The number of aryl methyl sites for hydroxylation is 1. The molecular weight excluding hydrogens is 272 g/mol. The van der Waals surface area contributed by atoms with Crippen molar-refractivity contribution in [3.05, 3.63) is 58.9 Å². The Kier molecular flexibility index (Phi) is 3.36. The zero-order valence-corrected chi connectivity index (χ0v) is 11.9. The van der Waals surface area contributed by atoms with Crippen LogP contribution in [-0.2, 0) is 13.0 Å². The fourth-order valence-corrected chi connectivity index (χ4v) is 2.60. The zero-order valence-electron chi connectivity index (χ0n) is 11.2. The molecule has 0 fully saturated rings. The van der Waals surface area contributed by atoms with Crippen molar-refractivity contribution in [2.75, 3.05) is 0 Å². The van der Waals surface area contributed by atoms with Crippen molar-refractivity contribution in [2.24, 2.45) is 0 Å². The number of nitrogens with zero attached hydrogens (tertiary/aromatic N) is 2. The Morgan fingerprint density at radius 3 is 2.60 bits per heavy atom. The van der Waals surface area contributed by atoms with Gasteiger partial charge in [0.05, 0.1) is 11.0 Å². The highest BCUT2D eigenvalue weighted by atomic mass is 35.5. The summed E-state index contributed by atoms with van der Waals surface area (Å²) in [6, 6.07) is 13.0. The number of rotatable bonds is 3. The fraction of sp³-hybridized carbons (Fsp3) is 0.188. The van der Waals surface area contributed by atoms with Gasteiger partial charge in [0.1, 0.15) is 11.6 Å². The van der Waals surface area contributed by atoms with Crippen molar-refractivity contribution >= 4 is 22.6 Å². The van der Waals surface area contributed by atoms with Crippen LogP contribution in [0.5, 0.6) is 5.75 Å². The monoisotopic (exact) mass is 286 g/mol. The van der Waals surface area contributed by atoms with Gasteiger partial charge >= 0.3 is 0 Å². The first-order chi connectivity index (χ1) is 9.67. The minimum Gasteiger partial charge on any atom is -0.508 e. The third-order valence-electron chi connectivity index (χ3n) is 3.40. The Hall–Kier alpha value is -2.00. The summed E-state index contributed by atoms with van der Waals surface area (Å²) in [5.74, 6) is 1.29. The molecule has 0 unspecified atom stereocenters. The molecule has 0 saturated carbocycles. The maximum absolute atomic E-state index is 9.33. The van der Waals surface area contributed by atoms with E-state index in [1.807, 2.05) is 30.3 Å². The number of hydrogen-bond acceptors (Lipinski definition) is 2. The maximum atomic E-state index is 9.33. The first kappa shape index (κ1) is 13.0. The van der Waals surface area contributed by atoms with E-state index in [1.54, 1.807) is 12.1 Å². The number of phenols is 1. The number of imidazole rings is 1. The molecule has 1 heterocycles. The van der Waals surface area contributed by atoms with Crippen LogP contribution in [0.4, 0.5) is 0 Å². The molecule has 4 heteroatoms. The third kappa shape index (κ3) is 2.37. The smallest absolute Gasteiger partial charge is 0.115 e. The summed E-state index contributed by atoms with van der Waals surface area (Å²) in [5.41, 5.74) is 3.15. The summed E-state index contributed by atoms with van der Waals surface area (Å²) in [6.07, 6.45) is 0.737. The van der Waals surface area contributed by atoms with Gasteiger partial charge in [-0.15, -0.1) is 0 Å². The first-order valence-electron chi connectivity index (χ1n) is 6.60. The van der Waals surface area contributed by atoms with Crippen LogP contribution >= 0.6 is 11.6 Å². The molecule has 0 bridgehead atoms. The Morgan fingerprint density at radius 1 is 1.15 bits per heavy atom. The van der Waals surface area contributed by atoms with E-state index < -0.39 is 0 Å².